The highest BCUT2D eigenvalue weighted by Crippen LogP contribution is 2.38. The van der Waals surface area contributed by atoms with Crippen molar-refractivity contribution in [1.29, 1.82) is 0 Å². The van der Waals surface area contributed by atoms with Crippen molar-refractivity contribution >= 4 is 0 Å². The van der Waals surface area contributed by atoms with Crippen LogP contribution in [-0.2, 0) is 4.74 Å². The van der Waals surface area contributed by atoms with Gasteiger partial charge in [0.05, 0.1) is 11.7 Å². The Kier molecular flexibility index (Phi) is 2.13. The molecule has 70 valence electrons. The maximum absolute atomic E-state index is 6.06. The molecule has 2 aliphatic rings. The predicted octanol–water partition coefficient (Wildman–Crippen LogP) is 1.55. The molecule has 0 aromatic heterocycles. The first kappa shape index (κ1) is 8.52. The van der Waals surface area contributed by atoms with Gasteiger partial charge in [-0.25, -0.2) is 0 Å². The van der Waals surface area contributed by atoms with Crippen LogP contribution in [0.1, 0.15) is 33.1 Å². The minimum absolute atomic E-state index is 0.181. The third-order valence-corrected chi connectivity index (χ3v) is 3.13. The minimum atomic E-state index is 0.181. The first-order valence-corrected chi connectivity index (χ1v) is 5.08. The first-order valence-electron chi connectivity index (χ1n) is 5.08. The Morgan fingerprint density at radius 3 is 2.42 bits per heavy atom. The number of hydrogen-bond acceptors (Lipinski definition) is 2. The largest absolute Gasteiger partial charge is 0.372 e. The van der Waals surface area contributed by atoms with Crippen LogP contribution in [-0.4, -0.2) is 24.8 Å². The van der Waals surface area contributed by atoms with E-state index in [0.29, 0.717) is 6.10 Å². The van der Waals surface area contributed by atoms with E-state index in [2.05, 4.69) is 19.2 Å². The SMILES string of the molecule is CC1CC1OC1(C)CCNCC1. The molecular weight excluding hydrogens is 150 g/mol. The van der Waals surface area contributed by atoms with Crippen LogP contribution in [0.5, 0.6) is 0 Å². The summed E-state index contributed by atoms with van der Waals surface area (Å²) in [5.74, 6) is 0.816. The van der Waals surface area contributed by atoms with Crippen molar-refractivity contribution in [2.24, 2.45) is 5.92 Å². The minimum Gasteiger partial charge on any atom is -0.372 e. The van der Waals surface area contributed by atoms with Gasteiger partial charge < -0.3 is 10.1 Å². The zero-order valence-corrected chi connectivity index (χ0v) is 8.10. The van der Waals surface area contributed by atoms with Gasteiger partial charge in [-0.15, -0.1) is 0 Å². The lowest BCUT2D eigenvalue weighted by Crippen LogP contribution is -2.42. The second kappa shape index (κ2) is 3.00. The monoisotopic (exact) mass is 169 g/mol. The van der Waals surface area contributed by atoms with Crippen molar-refractivity contribution in [1.82, 2.24) is 5.32 Å². The van der Waals surface area contributed by atoms with Crippen LogP contribution in [0.25, 0.3) is 0 Å². The molecule has 1 N–H and O–H groups in total. The van der Waals surface area contributed by atoms with Gasteiger partial charge in [-0.2, -0.15) is 0 Å². The zero-order chi connectivity index (χ0) is 8.60. The molecule has 2 atom stereocenters. The fraction of sp³-hybridized carbons (Fsp3) is 1.00. The smallest absolute Gasteiger partial charge is 0.0682 e. The first-order chi connectivity index (χ1) is 5.70. The van der Waals surface area contributed by atoms with Crippen molar-refractivity contribution in [2.45, 2.75) is 44.8 Å². The molecular formula is C10H19NO. The average molecular weight is 169 g/mol. The van der Waals surface area contributed by atoms with Gasteiger partial charge in [0.25, 0.3) is 0 Å². The molecule has 1 heterocycles. The molecule has 2 rings (SSSR count). The summed E-state index contributed by atoms with van der Waals surface area (Å²) in [5, 5.41) is 3.36. The highest BCUT2D eigenvalue weighted by molar-refractivity contribution is 4.90. The lowest BCUT2D eigenvalue weighted by molar-refractivity contribution is -0.0665. The van der Waals surface area contributed by atoms with Gasteiger partial charge in [0.1, 0.15) is 0 Å². The van der Waals surface area contributed by atoms with E-state index >= 15 is 0 Å². The molecule has 0 aromatic carbocycles. The Morgan fingerprint density at radius 2 is 1.92 bits per heavy atom. The molecule has 2 unspecified atom stereocenters. The number of hydrogen-bond donors (Lipinski definition) is 1. The molecule has 2 nitrogen and oxygen atoms in total. The standard InChI is InChI=1S/C10H19NO/c1-8-7-9(8)12-10(2)3-5-11-6-4-10/h8-9,11H,3-7H2,1-2H3. The zero-order valence-electron chi connectivity index (χ0n) is 8.10. The van der Waals surface area contributed by atoms with Crippen molar-refractivity contribution in [3.05, 3.63) is 0 Å². The van der Waals surface area contributed by atoms with Crippen LogP contribution < -0.4 is 5.32 Å². The molecule has 0 amide bonds. The molecule has 1 aliphatic carbocycles. The van der Waals surface area contributed by atoms with Gasteiger partial charge in [-0.3, -0.25) is 0 Å². The second-order valence-corrected chi connectivity index (χ2v) is 4.57. The molecule has 2 fully saturated rings. The van der Waals surface area contributed by atoms with Gasteiger partial charge in [0.2, 0.25) is 0 Å². The molecule has 0 radical (unpaired) electrons. The Bertz CT molecular complexity index is 163. The lowest BCUT2D eigenvalue weighted by Gasteiger charge is -2.34. The Balaban J connectivity index is 1.83. The topological polar surface area (TPSA) is 21.3 Å². The molecule has 1 saturated heterocycles. The molecule has 1 aliphatic heterocycles. The molecule has 2 heteroatoms. The fourth-order valence-electron chi connectivity index (χ4n) is 1.89. The quantitative estimate of drug-likeness (QED) is 0.677. The Labute approximate surface area is 74.7 Å². The van der Waals surface area contributed by atoms with Crippen molar-refractivity contribution in [2.75, 3.05) is 13.1 Å². The van der Waals surface area contributed by atoms with E-state index in [9.17, 15) is 0 Å². The predicted molar refractivity (Wildman–Crippen MR) is 49.2 cm³/mol. The Hall–Kier alpha value is -0.0800. The summed E-state index contributed by atoms with van der Waals surface area (Å²) in [6.45, 7) is 6.78. The maximum Gasteiger partial charge on any atom is 0.0682 e. The lowest BCUT2D eigenvalue weighted by atomic mass is 9.94. The van der Waals surface area contributed by atoms with Crippen LogP contribution in [0.15, 0.2) is 0 Å². The summed E-state index contributed by atoms with van der Waals surface area (Å²) < 4.78 is 6.06. The molecule has 12 heavy (non-hydrogen) atoms. The fourth-order valence-corrected chi connectivity index (χ4v) is 1.89. The van der Waals surface area contributed by atoms with Gasteiger partial charge >= 0.3 is 0 Å². The molecule has 0 aromatic rings. The summed E-state index contributed by atoms with van der Waals surface area (Å²) in [6, 6.07) is 0. The van der Waals surface area contributed by atoms with E-state index in [4.69, 9.17) is 4.74 Å². The summed E-state index contributed by atoms with van der Waals surface area (Å²) >= 11 is 0. The van der Waals surface area contributed by atoms with Crippen molar-refractivity contribution < 1.29 is 4.74 Å². The van der Waals surface area contributed by atoms with Crippen LogP contribution >= 0.6 is 0 Å². The van der Waals surface area contributed by atoms with Crippen LogP contribution in [0, 0.1) is 5.92 Å². The van der Waals surface area contributed by atoms with Gasteiger partial charge in [-0.05, 0) is 45.2 Å². The third kappa shape index (κ3) is 1.80. The Morgan fingerprint density at radius 1 is 1.33 bits per heavy atom. The molecule has 0 bridgehead atoms. The van der Waals surface area contributed by atoms with E-state index < -0.39 is 0 Å². The van der Waals surface area contributed by atoms with Gasteiger partial charge in [-0.1, -0.05) is 6.92 Å². The van der Waals surface area contributed by atoms with Crippen molar-refractivity contribution in [3.63, 3.8) is 0 Å². The summed E-state index contributed by atoms with van der Waals surface area (Å²) in [5.41, 5.74) is 0.181. The van der Waals surface area contributed by atoms with Gasteiger partial charge in [0, 0.05) is 0 Å². The normalized spacial score (nSPS) is 39.5. The van der Waals surface area contributed by atoms with Crippen molar-refractivity contribution in [3.8, 4) is 0 Å². The highest BCUT2D eigenvalue weighted by atomic mass is 16.5. The summed E-state index contributed by atoms with van der Waals surface area (Å²) in [7, 11) is 0. The van der Waals surface area contributed by atoms with E-state index in [1.54, 1.807) is 0 Å². The maximum atomic E-state index is 6.06. The van der Waals surface area contributed by atoms with Crippen LogP contribution in [0.3, 0.4) is 0 Å². The third-order valence-electron chi connectivity index (χ3n) is 3.13. The number of ether oxygens (including phenoxy) is 1. The highest BCUT2D eigenvalue weighted by Gasteiger charge is 2.40. The van der Waals surface area contributed by atoms with E-state index in [1.807, 2.05) is 0 Å². The summed E-state index contributed by atoms with van der Waals surface area (Å²) in [6.07, 6.45) is 4.21. The van der Waals surface area contributed by atoms with Gasteiger partial charge in [0.15, 0.2) is 0 Å². The average Bonchev–Trinajstić information content (AvgIpc) is 2.66. The van der Waals surface area contributed by atoms with E-state index in [1.165, 1.54) is 19.3 Å². The van der Waals surface area contributed by atoms with E-state index in [-0.39, 0.29) is 5.60 Å². The second-order valence-electron chi connectivity index (χ2n) is 4.57. The number of nitrogens with one attached hydrogen (secondary N) is 1. The van der Waals surface area contributed by atoms with E-state index in [0.717, 1.165) is 19.0 Å². The molecule has 0 spiro atoms. The van der Waals surface area contributed by atoms with Crippen LogP contribution in [0.4, 0.5) is 0 Å². The molecule has 1 saturated carbocycles. The number of rotatable bonds is 2. The number of piperidine rings is 1. The van der Waals surface area contributed by atoms with Crippen LogP contribution in [0.2, 0.25) is 0 Å². The summed E-state index contributed by atoms with van der Waals surface area (Å²) in [4.78, 5) is 0.